The molecular formula is C56H63N12O8SW-. The maximum atomic E-state index is 13.8. The van der Waals surface area contributed by atoms with Crippen molar-refractivity contribution in [3.63, 3.8) is 0 Å². The van der Waals surface area contributed by atoms with Crippen LogP contribution in [0.15, 0.2) is 102 Å². The summed E-state index contributed by atoms with van der Waals surface area (Å²) in [5.74, 6) is 0.691. The van der Waals surface area contributed by atoms with E-state index in [1.54, 1.807) is 70.3 Å². The van der Waals surface area contributed by atoms with Crippen molar-refractivity contribution in [2.75, 3.05) is 56.4 Å². The van der Waals surface area contributed by atoms with Gasteiger partial charge < -0.3 is 41.5 Å². The minimum absolute atomic E-state index is 0. The summed E-state index contributed by atoms with van der Waals surface area (Å²) in [6.45, 7) is 13.8. The van der Waals surface area contributed by atoms with E-state index in [-0.39, 0.29) is 64.0 Å². The summed E-state index contributed by atoms with van der Waals surface area (Å²) < 4.78 is 48.6. The Morgan fingerprint density at radius 1 is 0.718 bits per heavy atom. The predicted molar refractivity (Wildman–Crippen MR) is 297 cm³/mol. The van der Waals surface area contributed by atoms with Crippen LogP contribution in [-0.2, 0) is 59.4 Å². The molecule has 0 radical (unpaired) electrons. The van der Waals surface area contributed by atoms with Gasteiger partial charge in [-0.05, 0) is 94.3 Å². The van der Waals surface area contributed by atoms with E-state index in [4.69, 9.17) is 34.1 Å². The maximum Gasteiger partial charge on any atom is 0.337 e. The number of carbonyl (C=O) groups is 2. The standard InChI is InChI=1S/C31H32N6O5S.C23H24N6O3.CH4.CH3.W/c1-19-6-8-23(9-7-19)43(39,40)37-11-10-24-25(14-22(15-27(24)37)31(38)41-5)30-33-26(29-20(2)17-32-35(29)4)16-28(34-30)36-12-13-42-18-21(36)3;1-13-11-25-28(3)21(13)19-10-20(29-6-7-32-12-14(29)2)27-22(26-19)17-8-15(23(30)31)9-18-16(17)4-5-24-18;;;/h6-11,14-17,21H,12-13,18H2,1-5H3;4-5,8-11,14,24H,6-7,12H2,1-3H3,(H,30,31);1H4;1H3;/q;;;-1;/t21-;14-;;;/m11.../s1. The second-order valence-corrected chi connectivity index (χ2v) is 20.7. The van der Waals surface area contributed by atoms with E-state index in [2.05, 4.69) is 38.8 Å². The number of aromatic nitrogens is 10. The number of H-pyrrole nitrogens is 1. The Kier molecular flexibility index (Phi) is 17.6. The normalized spacial score (nSPS) is 15.4. The maximum absolute atomic E-state index is 13.8. The molecule has 22 heteroatoms. The van der Waals surface area contributed by atoms with Crippen molar-refractivity contribution in [1.29, 1.82) is 0 Å². The number of anilines is 2. The summed E-state index contributed by atoms with van der Waals surface area (Å²) in [5, 5.41) is 19.9. The molecule has 9 aromatic rings. The summed E-state index contributed by atoms with van der Waals surface area (Å²) in [7, 11) is 1.04. The van der Waals surface area contributed by atoms with Gasteiger partial charge in [0.15, 0.2) is 11.6 Å². The molecular weight excluding hydrogens is 1180 g/mol. The van der Waals surface area contributed by atoms with Crippen LogP contribution in [0, 0.1) is 28.2 Å². The SMILES string of the molecule is C.COC(=O)c1cc(-c2nc(-c3c(C)cnn3C)cc(N3CCOC[C@H]3C)n2)c2ccn(S(=O)(=O)c3ccc(C)cc3)c2c1.Cc1cnn(C)c1-c1cc(N2CCOC[C@H]2C)nc(-c2cc(C(=O)O)cc3[nH]ccc23)n1.[CH3-].[W]. The molecule has 0 bridgehead atoms. The number of aromatic carboxylic acids is 1. The van der Waals surface area contributed by atoms with Crippen LogP contribution in [0.25, 0.3) is 67.4 Å². The number of aryl methyl sites for hydroxylation is 5. The number of hydrogen-bond donors (Lipinski definition) is 2. The van der Waals surface area contributed by atoms with Gasteiger partial charge in [0, 0.05) is 100 Å². The molecule has 20 nitrogen and oxygen atoms in total. The van der Waals surface area contributed by atoms with Crippen LogP contribution in [0.3, 0.4) is 0 Å². The van der Waals surface area contributed by atoms with E-state index in [0.717, 1.165) is 57.0 Å². The first-order valence-corrected chi connectivity index (χ1v) is 25.8. The molecule has 6 aromatic heterocycles. The molecule has 0 saturated carbocycles. The van der Waals surface area contributed by atoms with Crippen molar-refractivity contribution in [2.45, 2.75) is 59.0 Å². The summed E-state index contributed by atoms with van der Waals surface area (Å²) in [6.07, 6.45) is 6.87. The molecule has 78 heavy (non-hydrogen) atoms. The van der Waals surface area contributed by atoms with Crippen LogP contribution in [0.4, 0.5) is 11.6 Å². The molecule has 0 amide bonds. The van der Waals surface area contributed by atoms with Gasteiger partial charge in [0.1, 0.15) is 11.6 Å². The van der Waals surface area contributed by atoms with E-state index < -0.39 is 22.0 Å². The fourth-order valence-corrected chi connectivity index (χ4v) is 11.1. The Bertz CT molecular complexity index is 3740. The Balaban J connectivity index is 0.000000226. The molecule has 2 aliphatic rings. The number of carbonyl (C=O) groups excluding carboxylic acids is 1. The Hall–Kier alpha value is -7.58. The first-order valence-electron chi connectivity index (χ1n) is 24.4. The second-order valence-electron chi connectivity index (χ2n) is 18.8. The molecule has 0 spiro atoms. The zero-order chi connectivity index (χ0) is 52.9. The van der Waals surface area contributed by atoms with Gasteiger partial charge in [0.25, 0.3) is 10.0 Å². The van der Waals surface area contributed by atoms with Crippen molar-refractivity contribution in [1.82, 2.24) is 48.5 Å². The van der Waals surface area contributed by atoms with Crippen LogP contribution < -0.4 is 9.80 Å². The first kappa shape index (κ1) is 58.1. The molecule has 2 atom stereocenters. The fraction of sp³-hybridized carbons (Fsp3) is 0.304. The largest absolute Gasteiger partial charge is 0.478 e. The Labute approximate surface area is 467 Å². The monoisotopic (exact) mass is 1250 g/mol. The number of esters is 1. The van der Waals surface area contributed by atoms with Crippen molar-refractivity contribution in [3.05, 3.63) is 133 Å². The van der Waals surface area contributed by atoms with E-state index in [1.807, 2.05) is 59.3 Å². The number of morpholine rings is 2. The Morgan fingerprint density at radius 3 is 1.73 bits per heavy atom. The van der Waals surface area contributed by atoms with Gasteiger partial charge in [-0.25, -0.2) is 41.9 Å². The van der Waals surface area contributed by atoms with Crippen LogP contribution in [0.1, 0.15) is 58.7 Å². The Morgan fingerprint density at radius 2 is 1.24 bits per heavy atom. The molecule has 11 rings (SSSR count). The van der Waals surface area contributed by atoms with E-state index in [1.165, 1.54) is 23.3 Å². The number of carboxylic acid groups (broad SMARTS) is 1. The molecule has 2 N–H and O–H groups in total. The minimum Gasteiger partial charge on any atom is -0.478 e. The van der Waals surface area contributed by atoms with Gasteiger partial charge in [-0.2, -0.15) is 10.2 Å². The zero-order valence-electron chi connectivity index (χ0n) is 44.2. The summed E-state index contributed by atoms with van der Waals surface area (Å²) in [6, 6.07) is 20.8. The number of fused-ring (bicyclic) bond motifs is 2. The van der Waals surface area contributed by atoms with Crippen LogP contribution in [-0.4, -0.2) is 133 Å². The van der Waals surface area contributed by atoms with Gasteiger partial charge in [-0.15, -0.1) is 0 Å². The first-order chi connectivity index (χ1) is 36.0. The molecule has 0 aliphatic carbocycles. The molecule has 408 valence electrons. The van der Waals surface area contributed by atoms with Gasteiger partial charge in [0.05, 0.1) is 102 Å². The van der Waals surface area contributed by atoms with Crippen LogP contribution >= 0.6 is 0 Å². The van der Waals surface area contributed by atoms with Crippen LogP contribution in [0.2, 0.25) is 0 Å². The average molecular weight is 1250 g/mol. The molecule has 0 unspecified atom stereocenters. The number of nitrogens with one attached hydrogen (secondary N) is 1. The van der Waals surface area contributed by atoms with Crippen molar-refractivity contribution >= 4 is 55.4 Å². The minimum atomic E-state index is -3.98. The third-order valence-electron chi connectivity index (χ3n) is 13.6. The quantitative estimate of drug-likeness (QED) is 0.0963. The number of methoxy groups -OCH3 is 1. The van der Waals surface area contributed by atoms with Gasteiger partial charge >= 0.3 is 11.9 Å². The number of nitrogens with zero attached hydrogens (tertiary/aromatic N) is 11. The molecule has 3 aromatic carbocycles. The fourth-order valence-electron chi connectivity index (χ4n) is 9.76. The topological polar surface area (TPSA) is 231 Å². The average Bonchev–Trinajstić information content (AvgIpc) is 4.22. The van der Waals surface area contributed by atoms with Crippen LogP contribution in [0.5, 0.6) is 0 Å². The van der Waals surface area contributed by atoms with Crippen molar-refractivity contribution in [2.24, 2.45) is 14.1 Å². The molecule has 8 heterocycles. The summed E-state index contributed by atoms with van der Waals surface area (Å²) >= 11 is 0. The number of hydrogen-bond acceptors (Lipinski definition) is 15. The van der Waals surface area contributed by atoms with Gasteiger partial charge in [-0.3, -0.25) is 9.36 Å². The molecule has 2 fully saturated rings. The number of ether oxygens (including phenoxy) is 3. The second kappa shape index (κ2) is 23.6. The third kappa shape index (κ3) is 11.1. The van der Waals surface area contributed by atoms with Crippen molar-refractivity contribution < 1.29 is 58.4 Å². The third-order valence-corrected chi connectivity index (χ3v) is 15.4. The van der Waals surface area contributed by atoms with E-state index >= 15 is 0 Å². The summed E-state index contributed by atoms with van der Waals surface area (Å²) in [4.78, 5) is 52.0. The number of aromatic amines is 1. The number of carboxylic acids is 1. The predicted octanol–water partition coefficient (Wildman–Crippen LogP) is 8.71. The summed E-state index contributed by atoms with van der Waals surface area (Å²) in [5.41, 5.74) is 8.57. The van der Waals surface area contributed by atoms with Crippen molar-refractivity contribution in [3.8, 4) is 45.6 Å². The molecule has 2 aliphatic heterocycles. The molecule has 2 saturated heterocycles. The zero-order valence-corrected chi connectivity index (χ0v) is 47.9. The van der Waals surface area contributed by atoms with E-state index in [0.29, 0.717) is 78.2 Å². The smallest absolute Gasteiger partial charge is 0.337 e. The number of benzene rings is 3. The van der Waals surface area contributed by atoms with Gasteiger partial charge in [0.2, 0.25) is 0 Å². The van der Waals surface area contributed by atoms with Gasteiger partial charge in [-0.1, -0.05) is 25.1 Å². The number of rotatable bonds is 10. The van der Waals surface area contributed by atoms with E-state index in [9.17, 15) is 23.1 Å².